The number of ether oxygens (including phenoxy) is 3. The molecule has 150 valence electrons. The second-order valence-corrected chi connectivity index (χ2v) is 7.23. The molecule has 2 unspecified atom stereocenters. The third-order valence-electron chi connectivity index (χ3n) is 4.26. The monoisotopic (exact) mass is 388 g/mol. The van der Waals surface area contributed by atoms with Crippen LogP contribution in [-0.2, 0) is 9.47 Å². The van der Waals surface area contributed by atoms with Gasteiger partial charge in [0.1, 0.15) is 11.9 Å². The fourth-order valence-corrected chi connectivity index (χ4v) is 3.17. The second-order valence-electron chi connectivity index (χ2n) is 7.23. The van der Waals surface area contributed by atoms with Crippen LogP contribution in [-0.4, -0.2) is 47.3 Å². The second kappa shape index (κ2) is 7.92. The molecule has 1 aromatic rings. The molecule has 2 amide bonds. The minimum Gasteiger partial charge on any atom is -0.485 e. The van der Waals surface area contributed by atoms with Crippen LogP contribution >= 0.6 is 0 Å². The van der Waals surface area contributed by atoms with Gasteiger partial charge in [0.25, 0.3) is 0 Å². The quantitative estimate of drug-likeness (QED) is 0.799. The van der Waals surface area contributed by atoms with Crippen LogP contribution in [0.1, 0.15) is 44.5 Å². The van der Waals surface area contributed by atoms with Gasteiger partial charge in [-0.2, -0.15) is 0 Å². The van der Waals surface area contributed by atoms with E-state index in [0.717, 1.165) is 5.01 Å². The van der Waals surface area contributed by atoms with Crippen molar-refractivity contribution >= 4 is 18.0 Å². The van der Waals surface area contributed by atoms with Crippen LogP contribution in [0.3, 0.4) is 0 Å². The van der Waals surface area contributed by atoms with Crippen molar-refractivity contribution in [3.8, 4) is 5.75 Å². The molecule has 2 atom stereocenters. The Balaban J connectivity index is 1.83. The number of carbonyl (C=O) groups is 3. The zero-order valence-electron chi connectivity index (χ0n) is 16.3. The SMILES string of the molecule is CC(C)OC(=O)NN(C(=O)OC(C)C)C1C=C2C(=O)c3ccccc3OC2C1. The lowest BCUT2D eigenvalue weighted by Crippen LogP contribution is -2.52. The Morgan fingerprint density at radius 2 is 1.82 bits per heavy atom. The zero-order chi connectivity index (χ0) is 20.4. The van der Waals surface area contributed by atoms with Crippen LogP contribution < -0.4 is 10.2 Å². The van der Waals surface area contributed by atoms with Crippen molar-refractivity contribution in [2.75, 3.05) is 0 Å². The first-order valence-corrected chi connectivity index (χ1v) is 9.25. The summed E-state index contributed by atoms with van der Waals surface area (Å²) in [5, 5.41) is 1.05. The number of amides is 2. The Morgan fingerprint density at radius 3 is 2.50 bits per heavy atom. The van der Waals surface area contributed by atoms with E-state index in [9.17, 15) is 14.4 Å². The molecule has 3 rings (SSSR count). The predicted octanol–water partition coefficient (Wildman–Crippen LogP) is 3.23. The largest absolute Gasteiger partial charge is 0.485 e. The molecule has 1 aliphatic heterocycles. The first kappa shape index (κ1) is 19.7. The number of Topliss-reactive ketones (excluding diaryl/α,β-unsaturated/α-hetero) is 1. The smallest absolute Gasteiger partial charge is 0.429 e. The minimum atomic E-state index is -0.778. The number of hydrazine groups is 1. The highest BCUT2D eigenvalue weighted by Gasteiger charge is 2.42. The third kappa shape index (κ3) is 4.11. The lowest BCUT2D eigenvalue weighted by Gasteiger charge is -2.29. The van der Waals surface area contributed by atoms with Crippen molar-refractivity contribution in [2.45, 2.75) is 58.5 Å². The Labute approximate surface area is 163 Å². The van der Waals surface area contributed by atoms with Gasteiger partial charge in [-0.15, -0.1) is 0 Å². The predicted molar refractivity (Wildman–Crippen MR) is 99.9 cm³/mol. The van der Waals surface area contributed by atoms with Crippen molar-refractivity contribution in [1.82, 2.24) is 10.4 Å². The minimum absolute atomic E-state index is 0.142. The van der Waals surface area contributed by atoms with Gasteiger partial charge in [0.15, 0.2) is 5.78 Å². The Bertz CT molecular complexity index is 817. The number of ketones is 1. The highest BCUT2D eigenvalue weighted by Crippen LogP contribution is 2.37. The molecular formula is C20H24N2O6. The number of fused-ring (bicyclic) bond motifs is 2. The number of benzene rings is 1. The summed E-state index contributed by atoms with van der Waals surface area (Å²) in [6, 6.07) is 6.39. The molecule has 28 heavy (non-hydrogen) atoms. The van der Waals surface area contributed by atoms with Gasteiger partial charge in [-0.25, -0.2) is 20.0 Å². The van der Waals surface area contributed by atoms with E-state index in [-0.39, 0.29) is 18.0 Å². The van der Waals surface area contributed by atoms with E-state index in [1.54, 1.807) is 58.0 Å². The molecule has 1 aromatic carbocycles. The summed E-state index contributed by atoms with van der Waals surface area (Å²) in [7, 11) is 0. The highest BCUT2D eigenvalue weighted by atomic mass is 16.6. The van der Waals surface area contributed by atoms with E-state index in [4.69, 9.17) is 14.2 Å². The number of hydrogen-bond acceptors (Lipinski definition) is 6. The lowest BCUT2D eigenvalue weighted by atomic mass is 9.97. The van der Waals surface area contributed by atoms with Crippen molar-refractivity contribution in [3.63, 3.8) is 0 Å². The van der Waals surface area contributed by atoms with E-state index >= 15 is 0 Å². The summed E-state index contributed by atoms with van der Waals surface area (Å²) >= 11 is 0. The first-order chi connectivity index (χ1) is 13.3. The fourth-order valence-electron chi connectivity index (χ4n) is 3.17. The van der Waals surface area contributed by atoms with Gasteiger partial charge < -0.3 is 14.2 Å². The Hall–Kier alpha value is -3.03. The molecule has 1 aliphatic carbocycles. The molecule has 0 saturated carbocycles. The maximum atomic E-state index is 12.8. The van der Waals surface area contributed by atoms with E-state index in [1.807, 2.05) is 0 Å². The summed E-state index contributed by atoms with van der Waals surface area (Å²) in [5.41, 5.74) is 3.37. The van der Waals surface area contributed by atoms with Gasteiger partial charge in [-0.1, -0.05) is 12.1 Å². The van der Waals surface area contributed by atoms with Gasteiger partial charge in [-0.05, 0) is 45.9 Å². The van der Waals surface area contributed by atoms with Gasteiger partial charge in [0, 0.05) is 12.0 Å². The topological polar surface area (TPSA) is 94.2 Å². The standard InChI is InChI=1S/C20H24N2O6/c1-11(2)26-19(24)21-22(20(25)27-12(3)4)13-9-15-17(10-13)28-16-8-6-5-7-14(16)18(15)23/h5-9,11-13,17H,10H2,1-4H3,(H,21,24). The Morgan fingerprint density at radius 1 is 1.14 bits per heavy atom. The molecule has 1 heterocycles. The average molecular weight is 388 g/mol. The van der Waals surface area contributed by atoms with Gasteiger partial charge >= 0.3 is 12.2 Å². The van der Waals surface area contributed by atoms with Crippen LogP contribution in [0, 0.1) is 0 Å². The summed E-state index contributed by atoms with van der Waals surface area (Å²) in [5.74, 6) is 0.370. The van der Waals surface area contributed by atoms with Crippen LogP contribution in [0.2, 0.25) is 0 Å². The summed E-state index contributed by atoms with van der Waals surface area (Å²) in [6.07, 6.45) is -0.793. The van der Waals surface area contributed by atoms with Crippen LogP contribution in [0.15, 0.2) is 35.9 Å². The molecule has 0 saturated heterocycles. The van der Waals surface area contributed by atoms with Crippen molar-refractivity contribution in [3.05, 3.63) is 41.5 Å². The molecule has 0 bridgehead atoms. The summed E-state index contributed by atoms with van der Waals surface area (Å²) < 4.78 is 16.2. The lowest BCUT2D eigenvalue weighted by molar-refractivity contribution is 0.0349. The molecular weight excluding hydrogens is 364 g/mol. The maximum Gasteiger partial charge on any atom is 0.429 e. The van der Waals surface area contributed by atoms with Crippen LogP contribution in [0.25, 0.3) is 0 Å². The highest BCUT2D eigenvalue weighted by molar-refractivity contribution is 6.12. The van der Waals surface area contributed by atoms with Gasteiger partial charge in [-0.3, -0.25) is 4.79 Å². The molecule has 2 aliphatic rings. The Kier molecular flexibility index (Phi) is 5.58. The van der Waals surface area contributed by atoms with Crippen LogP contribution in [0.4, 0.5) is 9.59 Å². The van der Waals surface area contributed by atoms with Crippen LogP contribution in [0.5, 0.6) is 5.75 Å². The molecule has 8 heteroatoms. The van der Waals surface area contributed by atoms with Gasteiger partial charge in [0.05, 0.1) is 23.8 Å². The van der Waals surface area contributed by atoms with E-state index in [2.05, 4.69) is 5.43 Å². The molecule has 1 N–H and O–H groups in total. The van der Waals surface area contributed by atoms with Crippen molar-refractivity contribution < 1.29 is 28.6 Å². The zero-order valence-corrected chi connectivity index (χ0v) is 16.3. The summed E-state index contributed by atoms with van der Waals surface area (Å²) in [6.45, 7) is 6.82. The number of carbonyl (C=O) groups excluding carboxylic acids is 3. The van der Waals surface area contributed by atoms with E-state index < -0.39 is 24.3 Å². The fraction of sp³-hybridized carbons (Fsp3) is 0.450. The number of nitrogens with zero attached hydrogens (tertiary/aromatic N) is 1. The molecule has 8 nitrogen and oxygen atoms in total. The number of nitrogens with one attached hydrogen (secondary N) is 1. The van der Waals surface area contributed by atoms with E-state index in [1.165, 1.54) is 0 Å². The average Bonchev–Trinajstić information content (AvgIpc) is 3.02. The van der Waals surface area contributed by atoms with Crippen molar-refractivity contribution in [2.24, 2.45) is 0 Å². The summed E-state index contributed by atoms with van der Waals surface area (Å²) in [4.78, 5) is 37.4. The third-order valence-corrected chi connectivity index (χ3v) is 4.26. The normalized spacial score (nSPS) is 20.1. The molecule has 0 spiro atoms. The number of para-hydroxylation sites is 1. The number of hydrogen-bond donors (Lipinski definition) is 1. The van der Waals surface area contributed by atoms with E-state index in [0.29, 0.717) is 23.3 Å². The molecule has 0 fully saturated rings. The number of rotatable bonds is 3. The molecule has 0 radical (unpaired) electrons. The molecule has 0 aromatic heterocycles. The van der Waals surface area contributed by atoms with Gasteiger partial charge in [0.2, 0.25) is 0 Å². The van der Waals surface area contributed by atoms with Crippen molar-refractivity contribution in [1.29, 1.82) is 0 Å². The first-order valence-electron chi connectivity index (χ1n) is 9.25. The maximum absolute atomic E-state index is 12.8.